The maximum absolute atomic E-state index is 12.3. The van der Waals surface area contributed by atoms with Gasteiger partial charge < -0.3 is 19.9 Å². The fraction of sp³-hybridized carbons (Fsp3) is 0.250. The number of hydrogen-bond acceptors (Lipinski definition) is 7. The summed E-state index contributed by atoms with van der Waals surface area (Å²) in [7, 11) is 2.33. The summed E-state index contributed by atoms with van der Waals surface area (Å²) in [5, 5.41) is 23.5. The molecule has 0 bridgehead atoms. The predicted molar refractivity (Wildman–Crippen MR) is 85.4 cm³/mol. The second-order valence-electron chi connectivity index (χ2n) is 5.19. The third kappa shape index (κ3) is 3.30. The quantitative estimate of drug-likeness (QED) is 0.278. The van der Waals surface area contributed by atoms with Crippen molar-refractivity contribution in [1.82, 2.24) is 5.32 Å². The van der Waals surface area contributed by atoms with Gasteiger partial charge in [-0.15, -0.1) is 0 Å². The van der Waals surface area contributed by atoms with Crippen molar-refractivity contribution in [2.24, 2.45) is 0 Å². The Balaban J connectivity index is 2.78. The molecule has 9 heteroatoms. The first-order valence-electron chi connectivity index (χ1n) is 7.13. The molecule has 1 aliphatic heterocycles. The molecule has 1 aromatic rings. The van der Waals surface area contributed by atoms with Gasteiger partial charge in [-0.1, -0.05) is 12.1 Å². The maximum Gasteiger partial charge on any atom is 0.336 e. The summed E-state index contributed by atoms with van der Waals surface area (Å²) in [5.74, 6) is -3.19. The van der Waals surface area contributed by atoms with Crippen molar-refractivity contribution >= 4 is 17.6 Å². The maximum atomic E-state index is 12.3. The van der Waals surface area contributed by atoms with Crippen molar-refractivity contribution in [3.05, 3.63) is 62.7 Å². The van der Waals surface area contributed by atoms with Crippen molar-refractivity contribution in [3.63, 3.8) is 0 Å². The molecule has 1 atom stereocenters. The van der Waals surface area contributed by atoms with E-state index in [9.17, 15) is 24.8 Å². The normalized spacial score (nSPS) is 19.2. The van der Waals surface area contributed by atoms with Gasteiger partial charge in [-0.25, -0.2) is 4.79 Å². The number of nitrogens with one attached hydrogen (secondary N) is 1. The molecule has 25 heavy (non-hydrogen) atoms. The molecule has 1 amide bonds. The Kier molecular flexibility index (Phi) is 5.06. The topological polar surface area (TPSA) is 128 Å². The second kappa shape index (κ2) is 7.04. The largest absolute Gasteiger partial charge is 0.481 e. The van der Waals surface area contributed by atoms with E-state index < -0.39 is 28.7 Å². The summed E-state index contributed by atoms with van der Waals surface area (Å²) >= 11 is 0. The van der Waals surface area contributed by atoms with Gasteiger partial charge in [-0.2, -0.15) is 0 Å². The van der Waals surface area contributed by atoms with Gasteiger partial charge in [0.15, 0.2) is 0 Å². The zero-order chi connectivity index (χ0) is 18.7. The van der Waals surface area contributed by atoms with Gasteiger partial charge in [0.25, 0.3) is 17.5 Å². The van der Waals surface area contributed by atoms with Crippen LogP contribution < -0.4 is 5.32 Å². The van der Waals surface area contributed by atoms with Crippen molar-refractivity contribution in [2.75, 3.05) is 14.2 Å². The SMILES string of the molecule is COC(=O)C1=C(C)NC(=O)/C(=C(/O)OC)C1c1cccc([N+](=O)[O-])c1. The van der Waals surface area contributed by atoms with Crippen LogP contribution in [0.25, 0.3) is 0 Å². The highest BCUT2D eigenvalue weighted by atomic mass is 16.6. The lowest BCUT2D eigenvalue weighted by molar-refractivity contribution is -0.384. The Morgan fingerprint density at radius 3 is 2.56 bits per heavy atom. The van der Waals surface area contributed by atoms with Gasteiger partial charge in [0.05, 0.1) is 30.6 Å². The van der Waals surface area contributed by atoms with Crippen LogP contribution in [0.2, 0.25) is 0 Å². The molecule has 9 nitrogen and oxygen atoms in total. The molecular weight excluding hydrogens is 332 g/mol. The predicted octanol–water partition coefficient (Wildman–Crippen LogP) is 1.67. The van der Waals surface area contributed by atoms with Crippen LogP contribution in [0.1, 0.15) is 18.4 Å². The third-order valence-corrected chi connectivity index (χ3v) is 3.77. The molecule has 0 radical (unpaired) electrons. The van der Waals surface area contributed by atoms with E-state index in [0.29, 0.717) is 0 Å². The summed E-state index contributed by atoms with van der Waals surface area (Å²) < 4.78 is 9.51. The fourth-order valence-electron chi connectivity index (χ4n) is 2.66. The summed E-state index contributed by atoms with van der Waals surface area (Å²) in [4.78, 5) is 35.0. The van der Waals surface area contributed by atoms with Gasteiger partial charge in [-0.3, -0.25) is 14.9 Å². The highest BCUT2D eigenvalue weighted by Gasteiger charge is 2.40. The summed E-state index contributed by atoms with van der Waals surface area (Å²) in [6, 6.07) is 5.43. The van der Waals surface area contributed by atoms with Gasteiger partial charge in [0.1, 0.15) is 5.57 Å². The number of carbonyl (C=O) groups excluding carboxylic acids is 2. The molecular formula is C16H16N2O7. The average Bonchev–Trinajstić information content (AvgIpc) is 2.59. The first kappa shape index (κ1) is 18.0. The van der Waals surface area contributed by atoms with Crippen LogP contribution in [0, 0.1) is 10.1 Å². The van der Waals surface area contributed by atoms with Crippen molar-refractivity contribution in [1.29, 1.82) is 0 Å². The van der Waals surface area contributed by atoms with Gasteiger partial charge >= 0.3 is 5.97 Å². The monoisotopic (exact) mass is 348 g/mol. The molecule has 1 unspecified atom stereocenters. The standard InChI is InChI=1S/C16H16N2O7/c1-8-11(15(20)24-2)12(13(14(19)17-8)16(21)25-3)9-5-4-6-10(7-9)18(22)23/h4-7,12,21H,1-3H3,(H,17,19)/b16-13-. The lowest BCUT2D eigenvalue weighted by Crippen LogP contribution is -2.37. The van der Waals surface area contributed by atoms with Gasteiger partial charge in [0.2, 0.25) is 0 Å². The Bertz CT molecular complexity index is 810. The van der Waals surface area contributed by atoms with Crippen LogP contribution in [0.5, 0.6) is 0 Å². The molecule has 0 fully saturated rings. The molecule has 0 saturated carbocycles. The van der Waals surface area contributed by atoms with Crippen LogP contribution in [0.15, 0.2) is 47.1 Å². The minimum Gasteiger partial charge on any atom is -0.481 e. The average molecular weight is 348 g/mol. The number of aliphatic hydroxyl groups is 1. The fourth-order valence-corrected chi connectivity index (χ4v) is 2.66. The van der Waals surface area contributed by atoms with E-state index in [4.69, 9.17) is 9.47 Å². The van der Waals surface area contributed by atoms with Gasteiger partial charge in [-0.05, 0) is 12.5 Å². The summed E-state index contributed by atoms with van der Waals surface area (Å²) in [6.45, 7) is 1.50. The number of benzene rings is 1. The van der Waals surface area contributed by atoms with Crippen molar-refractivity contribution in [3.8, 4) is 0 Å². The number of ether oxygens (including phenoxy) is 2. The first-order chi connectivity index (χ1) is 11.8. The molecule has 0 saturated heterocycles. The third-order valence-electron chi connectivity index (χ3n) is 3.77. The summed E-state index contributed by atoms with van der Waals surface area (Å²) in [6.07, 6.45) is 0. The number of non-ortho nitro benzene ring substituents is 1. The number of amides is 1. The number of nitro benzene ring substituents is 1. The molecule has 0 spiro atoms. The minimum atomic E-state index is -1.08. The van der Waals surface area contributed by atoms with Gasteiger partial charge in [0, 0.05) is 17.8 Å². The molecule has 0 aliphatic carbocycles. The second-order valence-corrected chi connectivity index (χ2v) is 5.19. The smallest absolute Gasteiger partial charge is 0.336 e. The van der Waals surface area contributed by atoms with Crippen LogP contribution in [0.4, 0.5) is 5.69 Å². The van der Waals surface area contributed by atoms with Crippen molar-refractivity contribution < 1.29 is 29.1 Å². The van der Waals surface area contributed by atoms with Crippen molar-refractivity contribution in [2.45, 2.75) is 12.8 Å². The Labute approximate surface area is 142 Å². The Morgan fingerprint density at radius 2 is 2.00 bits per heavy atom. The number of nitrogens with zero attached hydrogens (tertiary/aromatic N) is 1. The first-order valence-corrected chi connectivity index (χ1v) is 7.13. The Hall–Kier alpha value is -3.36. The Morgan fingerprint density at radius 1 is 1.32 bits per heavy atom. The number of allylic oxidation sites excluding steroid dienone is 1. The highest BCUT2D eigenvalue weighted by Crippen LogP contribution is 2.39. The van der Waals surface area contributed by atoms with Crippen LogP contribution in [0.3, 0.4) is 0 Å². The lowest BCUT2D eigenvalue weighted by atomic mass is 9.81. The molecule has 1 aliphatic rings. The number of nitro groups is 1. The van der Waals surface area contributed by atoms with E-state index in [1.165, 1.54) is 38.3 Å². The van der Waals surface area contributed by atoms with E-state index in [1.807, 2.05) is 0 Å². The lowest BCUT2D eigenvalue weighted by Gasteiger charge is -2.28. The van der Waals surface area contributed by atoms with E-state index in [-0.39, 0.29) is 28.1 Å². The van der Waals surface area contributed by atoms with E-state index >= 15 is 0 Å². The molecule has 2 N–H and O–H groups in total. The van der Waals surface area contributed by atoms with Crippen LogP contribution in [-0.4, -0.2) is 36.1 Å². The molecule has 1 aromatic carbocycles. The van der Waals surface area contributed by atoms with E-state index in [1.54, 1.807) is 0 Å². The molecule has 1 heterocycles. The van der Waals surface area contributed by atoms with E-state index in [0.717, 1.165) is 7.11 Å². The minimum absolute atomic E-state index is 0.0428. The number of aliphatic hydroxyl groups excluding tert-OH is 1. The number of methoxy groups -OCH3 is 2. The van der Waals surface area contributed by atoms with Crippen LogP contribution in [-0.2, 0) is 19.1 Å². The number of rotatable bonds is 4. The number of carbonyl (C=O) groups is 2. The number of esters is 1. The van der Waals surface area contributed by atoms with E-state index in [2.05, 4.69) is 5.32 Å². The van der Waals surface area contributed by atoms with Crippen LogP contribution >= 0.6 is 0 Å². The zero-order valence-electron chi connectivity index (χ0n) is 13.7. The summed E-state index contributed by atoms with van der Waals surface area (Å²) in [5.41, 5.74) is 0.0696. The highest BCUT2D eigenvalue weighted by molar-refractivity contribution is 6.04. The molecule has 132 valence electrons. The number of hydrogen-bond donors (Lipinski definition) is 2. The zero-order valence-corrected chi connectivity index (χ0v) is 13.7. The molecule has 2 rings (SSSR count). The molecule has 0 aromatic heterocycles.